The van der Waals surface area contributed by atoms with Gasteiger partial charge in [0.15, 0.2) is 0 Å². The normalized spacial score (nSPS) is 20.5. The zero-order valence-electron chi connectivity index (χ0n) is 7.82. The smallest absolute Gasteiger partial charge is 0.329 e. The molecule has 0 radical (unpaired) electrons. The lowest BCUT2D eigenvalue weighted by molar-refractivity contribution is -0.151. The van der Waals surface area contributed by atoms with E-state index in [2.05, 4.69) is 0 Å². The number of carbonyl (C=O) groups excluding carboxylic acids is 2. The van der Waals surface area contributed by atoms with Crippen molar-refractivity contribution >= 4 is 11.9 Å². The minimum absolute atomic E-state index is 0.133. The first-order valence-corrected chi connectivity index (χ1v) is 4.29. The Balaban J connectivity index is 2.61. The Bertz CT molecular complexity index is 247. The number of carbonyl (C=O) groups is 2. The Hall–Kier alpha value is -1.32. The first kappa shape index (κ1) is 9.77. The molecule has 0 N–H and O–H groups in total. The lowest BCUT2D eigenvalue weighted by Crippen LogP contribution is -2.38. The number of rotatable bonds is 2. The van der Waals surface area contributed by atoms with E-state index in [-0.39, 0.29) is 11.9 Å². The first-order chi connectivity index (χ1) is 6.16. The highest BCUT2D eigenvalue weighted by molar-refractivity contribution is 5.85. The van der Waals surface area contributed by atoms with E-state index in [0.717, 1.165) is 0 Å². The van der Waals surface area contributed by atoms with Gasteiger partial charge in [0.2, 0.25) is 5.91 Å². The van der Waals surface area contributed by atoms with Gasteiger partial charge in [-0.1, -0.05) is 6.08 Å². The summed E-state index contributed by atoms with van der Waals surface area (Å²) in [6.45, 7) is 3.53. The third-order valence-electron chi connectivity index (χ3n) is 1.88. The number of hydrogen-bond acceptors (Lipinski definition) is 3. The molecule has 1 aliphatic rings. The molecule has 0 saturated carbocycles. The van der Waals surface area contributed by atoms with E-state index >= 15 is 0 Å². The molecule has 1 amide bonds. The summed E-state index contributed by atoms with van der Waals surface area (Å²) in [5.41, 5.74) is 0. The van der Waals surface area contributed by atoms with Crippen LogP contribution in [-0.4, -0.2) is 29.4 Å². The molecule has 0 aromatic rings. The van der Waals surface area contributed by atoms with Gasteiger partial charge in [0.05, 0.1) is 6.61 Å². The van der Waals surface area contributed by atoms with Crippen LogP contribution in [-0.2, 0) is 14.3 Å². The molecule has 0 saturated heterocycles. The molecule has 72 valence electrons. The number of amides is 1. The van der Waals surface area contributed by atoms with Crippen LogP contribution in [0, 0.1) is 0 Å². The van der Waals surface area contributed by atoms with Gasteiger partial charge in [-0.2, -0.15) is 0 Å². The molecule has 1 heterocycles. The third kappa shape index (κ3) is 2.08. The van der Waals surface area contributed by atoms with Crippen molar-refractivity contribution in [2.75, 3.05) is 6.61 Å². The van der Waals surface area contributed by atoms with E-state index in [1.54, 1.807) is 19.2 Å². The van der Waals surface area contributed by atoms with Gasteiger partial charge in [-0.05, 0) is 13.3 Å². The van der Waals surface area contributed by atoms with Crippen molar-refractivity contribution < 1.29 is 14.3 Å². The average molecular weight is 183 g/mol. The largest absolute Gasteiger partial charge is 0.464 e. The third-order valence-corrected chi connectivity index (χ3v) is 1.88. The molecule has 13 heavy (non-hydrogen) atoms. The Morgan fingerprint density at radius 1 is 1.62 bits per heavy atom. The van der Waals surface area contributed by atoms with Crippen LogP contribution < -0.4 is 0 Å². The molecule has 1 rings (SSSR count). The Kier molecular flexibility index (Phi) is 3.06. The zero-order valence-corrected chi connectivity index (χ0v) is 7.82. The monoisotopic (exact) mass is 183 g/mol. The summed E-state index contributed by atoms with van der Waals surface area (Å²) >= 11 is 0. The minimum atomic E-state index is -0.447. The maximum absolute atomic E-state index is 11.3. The van der Waals surface area contributed by atoms with Crippen LogP contribution in [0.4, 0.5) is 0 Å². The second-order valence-electron chi connectivity index (χ2n) is 2.81. The molecular formula is C9H13NO3. The summed E-state index contributed by atoms with van der Waals surface area (Å²) < 4.78 is 4.83. The van der Waals surface area contributed by atoms with E-state index in [0.29, 0.717) is 13.0 Å². The average Bonchev–Trinajstić information content (AvgIpc) is 2.52. The Morgan fingerprint density at radius 2 is 2.31 bits per heavy atom. The standard InChI is InChI=1S/C9H13NO3/c1-3-13-9(12)8-5-4-6-10(8)7(2)11/h4,6,8H,3,5H2,1-2H3/t8-/m0/s1. The second kappa shape index (κ2) is 4.07. The number of nitrogens with zero attached hydrogens (tertiary/aromatic N) is 1. The summed E-state index contributed by atoms with van der Waals surface area (Å²) in [4.78, 5) is 23.7. The highest BCUT2D eigenvalue weighted by Gasteiger charge is 2.29. The lowest BCUT2D eigenvalue weighted by atomic mass is 10.2. The topological polar surface area (TPSA) is 46.6 Å². The number of hydrogen-bond donors (Lipinski definition) is 0. The SMILES string of the molecule is CCOC(=O)[C@@H]1CC=CN1C(C)=O. The van der Waals surface area contributed by atoms with Crippen LogP contribution in [0.3, 0.4) is 0 Å². The van der Waals surface area contributed by atoms with Gasteiger partial charge in [0.25, 0.3) is 0 Å². The summed E-state index contributed by atoms with van der Waals surface area (Å²) in [6, 6.07) is -0.447. The molecule has 0 unspecified atom stereocenters. The van der Waals surface area contributed by atoms with E-state index in [1.807, 2.05) is 0 Å². The summed E-state index contributed by atoms with van der Waals surface area (Å²) in [5.74, 6) is -0.463. The molecule has 1 atom stereocenters. The molecule has 0 spiro atoms. The maximum atomic E-state index is 11.3. The molecular weight excluding hydrogens is 170 g/mol. The molecule has 4 heteroatoms. The molecule has 0 aromatic carbocycles. The summed E-state index contributed by atoms with van der Waals surface area (Å²) in [7, 11) is 0. The number of esters is 1. The Morgan fingerprint density at radius 3 is 2.85 bits per heavy atom. The fraction of sp³-hybridized carbons (Fsp3) is 0.556. The first-order valence-electron chi connectivity index (χ1n) is 4.29. The van der Waals surface area contributed by atoms with Crippen molar-refractivity contribution in [1.82, 2.24) is 4.90 Å². The summed E-state index contributed by atoms with van der Waals surface area (Å²) in [6.07, 6.45) is 3.98. The van der Waals surface area contributed by atoms with Crippen molar-refractivity contribution in [1.29, 1.82) is 0 Å². The van der Waals surface area contributed by atoms with Crippen LogP contribution in [0.15, 0.2) is 12.3 Å². The maximum Gasteiger partial charge on any atom is 0.329 e. The van der Waals surface area contributed by atoms with Crippen molar-refractivity contribution in [3.8, 4) is 0 Å². The fourth-order valence-corrected chi connectivity index (χ4v) is 1.29. The van der Waals surface area contributed by atoms with E-state index in [4.69, 9.17) is 4.74 Å². The zero-order chi connectivity index (χ0) is 9.84. The van der Waals surface area contributed by atoms with Crippen molar-refractivity contribution in [2.24, 2.45) is 0 Å². The van der Waals surface area contributed by atoms with Crippen LogP contribution in [0.5, 0.6) is 0 Å². The quantitative estimate of drug-likeness (QED) is 0.591. The molecule has 0 fully saturated rings. The Labute approximate surface area is 77.2 Å². The van der Waals surface area contributed by atoms with Crippen molar-refractivity contribution in [3.63, 3.8) is 0 Å². The fourth-order valence-electron chi connectivity index (χ4n) is 1.29. The highest BCUT2D eigenvalue weighted by atomic mass is 16.5. The van der Waals surface area contributed by atoms with Gasteiger partial charge < -0.3 is 9.64 Å². The van der Waals surface area contributed by atoms with Crippen LogP contribution >= 0.6 is 0 Å². The minimum Gasteiger partial charge on any atom is -0.464 e. The molecule has 0 bridgehead atoms. The van der Waals surface area contributed by atoms with Gasteiger partial charge in [0.1, 0.15) is 6.04 Å². The molecule has 1 aliphatic heterocycles. The van der Waals surface area contributed by atoms with E-state index < -0.39 is 6.04 Å². The van der Waals surface area contributed by atoms with E-state index in [1.165, 1.54) is 11.8 Å². The summed E-state index contributed by atoms with van der Waals surface area (Å²) in [5, 5.41) is 0. The predicted octanol–water partition coefficient (Wildman–Crippen LogP) is 0.684. The van der Waals surface area contributed by atoms with Gasteiger partial charge in [-0.25, -0.2) is 4.79 Å². The molecule has 4 nitrogen and oxygen atoms in total. The molecule has 0 aromatic heterocycles. The lowest BCUT2D eigenvalue weighted by Gasteiger charge is -2.20. The van der Waals surface area contributed by atoms with E-state index in [9.17, 15) is 9.59 Å². The van der Waals surface area contributed by atoms with Crippen LogP contribution in [0.25, 0.3) is 0 Å². The van der Waals surface area contributed by atoms with Crippen LogP contribution in [0.1, 0.15) is 20.3 Å². The van der Waals surface area contributed by atoms with Crippen molar-refractivity contribution in [2.45, 2.75) is 26.3 Å². The van der Waals surface area contributed by atoms with Gasteiger partial charge in [-0.3, -0.25) is 4.79 Å². The highest BCUT2D eigenvalue weighted by Crippen LogP contribution is 2.15. The van der Waals surface area contributed by atoms with Gasteiger partial charge in [0, 0.05) is 13.1 Å². The number of ether oxygens (including phenoxy) is 1. The van der Waals surface area contributed by atoms with Crippen LogP contribution in [0.2, 0.25) is 0 Å². The second-order valence-corrected chi connectivity index (χ2v) is 2.81. The predicted molar refractivity (Wildman–Crippen MR) is 46.7 cm³/mol. The van der Waals surface area contributed by atoms with Crippen molar-refractivity contribution in [3.05, 3.63) is 12.3 Å². The molecule has 0 aliphatic carbocycles. The van der Waals surface area contributed by atoms with Gasteiger partial charge >= 0.3 is 5.97 Å². The van der Waals surface area contributed by atoms with Gasteiger partial charge in [-0.15, -0.1) is 0 Å².